The van der Waals surface area contributed by atoms with E-state index in [1.54, 1.807) is 0 Å². The van der Waals surface area contributed by atoms with Crippen molar-refractivity contribution < 1.29 is 22.8 Å². The Labute approximate surface area is 96.4 Å². The van der Waals surface area contributed by atoms with Crippen molar-refractivity contribution in [1.82, 2.24) is 10.6 Å². The van der Waals surface area contributed by atoms with E-state index in [-0.39, 0.29) is 5.75 Å². The lowest BCUT2D eigenvalue weighted by Gasteiger charge is -2.15. The minimum Gasteiger partial charge on any atom is -0.354 e. The topological polar surface area (TPSA) is 58.2 Å². The number of nitrogens with one attached hydrogen (secondary N) is 2. The highest BCUT2D eigenvalue weighted by Gasteiger charge is 2.27. The maximum Gasteiger partial charge on any atom is 0.390 e. The van der Waals surface area contributed by atoms with Gasteiger partial charge in [0, 0.05) is 19.2 Å². The monoisotopic (exact) mass is 258 g/mol. The minimum atomic E-state index is -4.31. The molecule has 0 saturated carbocycles. The van der Waals surface area contributed by atoms with Gasteiger partial charge in [0.1, 0.15) is 6.04 Å². The van der Waals surface area contributed by atoms with E-state index in [4.69, 9.17) is 0 Å². The van der Waals surface area contributed by atoms with Crippen LogP contribution in [0.4, 0.5) is 13.2 Å². The average Bonchev–Trinajstić information content (AvgIpc) is 2.11. The first-order valence-corrected chi connectivity index (χ1v) is 5.12. The molecule has 4 nitrogen and oxygen atoms in total. The van der Waals surface area contributed by atoms with E-state index in [0.29, 0.717) is 0 Å². The molecule has 16 heavy (non-hydrogen) atoms. The van der Waals surface area contributed by atoms with E-state index in [2.05, 4.69) is 23.3 Å². The number of hydrogen-bond donors (Lipinski definition) is 3. The summed E-state index contributed by atoms with van der Waals surface area (Å²) in [5.74, 6) is -1.09. The second-order valence-electron chi connectivity index (χ2n) is 3.09. The van der Waals surface area contributed by atoms with Gasteiger partial charge >= 0.3 is 6.18 Å². The summed E-state index contributed by atoms with van der Waals surface area (Å²) in [6.07, 6.45) is -5.41. The first-order chi connectivity index (χ1) is 7.26. The summed E-state index contributed by atoms with van der Waals surface area (Å²) in [6.45, 7) is 0.700. The maximum absolute atomic E-state index is 11.8. The van der Waals surface area contributed by atoms with Crippen molar-refractivity contribution >= 4 is 24.4 Å². The molecule has 94 valence electrons. The summed E-state index contributed by atoms with van der Waals surface area (Å²) < 4.78 is 35.3. The molecule has 0 heterocycles. The molecule has 0 rings (SSSR count). The van der Waals surface area contributed by atoms with Crippen molar-refractivity contribution in [2.45, 2.75) is 25.6 Å². The fraction of sp³-hybridized carbons (Fsp3) is 0.750. The summed E-state index contributed by atoms with van der Waals surface area (Å²) in [5.41, 5.74) is 0. The molecule has 0 bridgehead atoms. The lowest BCUT2D eigenvalue weighted by atomic mass is 10.3. The van der Waals surface area contributed by atoms with Gasteiger partial charge in [-0.2, -0.15) is 25.8 Å². The smallest absolute Gasteiger partial charge is 0.354 e. The lowest BCUT2D eigenvalue weighted by molar-refractivity contribution is -0.136. The quantitative estimate of drug-likeness (QED) is 0.629. The number of hydrogen-bond acceptors (Lipinski definition) is 3. The van der Waals surface area contributed by atoms with Crippen molar-refractivity contribution in [3.63, 3.8) is 0 Å². The van der Waals surface area contributed by atoms with Crippen molar-refractivity contribution in [3.05, 3.63) is 0 Å². The predicted octanol–water partition coefficient (Wildman–Crippen LogP) is 0.489. The normalized spacial score (nSPS) is 13.1. The standard InChI is InChI=1S/C8H13F3N2O2S/c1-5(14)13-6(4-16)7(15)12-3-2-8(9,10)11/h6,16H,2-4H2,1H3,(H,12,15)(H,13,14). The van der Waals surface area contributed by atoms with E-state index < -0.39 is 37.0 Å². The zero-order valence-corrected chi connectivity index (χ0v) is 9.49. The Morgan fingerprint density at radius 2 is 1.94 bits per heavy atom. The Kier molecular flexibility index (Phi) is 6.24. The molecule has 0 aromatic heterocycles. The van der Waals surface area contributed by atoms with Crippen LogP contribution in [0.25, 0.3) is 0 Å². The molecular formula is C8H13F3N2O2S. The van der Waals surface area contributed by atoms with Gasteiger partial charge in [-0.3, -0.25) is 9.59 Å². The van der Waals surface area contributed by atoms with E-state index in [1.165, 1.54) is 6.92 Å². The molecular weight excluding hydrogens is 245 g/mol. The van der Waals surface area contributed by atoms with Crippen LogP contribution >= 0.6 is 12.6 Å². The van der Waals surface area contributed by atoms with Crippen LogP contribution in [0.3, 0.4) is 0 Å². The third-order valence-electron chi connectivity index (χ3n) is 1.58. The van der Waals surface area contributed by atoms with Gasteiger partial charge in [-0.05, 0) is 0 Å². The Balaban J connectivity index is 3.98. The van der Waals surface area contributed by atoms with Crippen molar-refractivity contribution in [1.29, 1.82) is 0 Å². The highest BCUT2D eigenvalue weighted by molar-refractivity contribution is 7.80. The Morgan fingerprint density at radius 3 is 2.31 bits per heavy atom. The van der Waals surface area contributed by atoms with Crippen LogP contribution in [0.5, 0.6) is 0 Å². The Morgan fingerprint density at radius 1 is 1.38 bits per heavy atom. The largest absolute Gasteiger partial charge is 0.390 e. The van der Waals surface area contributed by atoms with Gasteiger partial charge < -0.3 is 10.6 Å². The van der Waals surface area contributed by atoms with Gasteiger partial charge in [0.15, 0.2) is 0 Å². The van der Waals surface area contributed by atoms with Crippen LogP contribution in [-0.2, 0) is 9.59 Å². The van der Waals surface area contributed by atoms with Gasteiger partial charge in [-0.15, -0.1) is 0 Å². The highest BCUT2D eigenvalue weighted by atomic mass is 32.1. The molecule has 0 saturated heterocycles. The van der Waals surface area contributed by atoms with Crippen molar-refractivity contribution in [2.75, 3.05) is 12.3 Å². The average molecular weight is 258 g/mol. The molecule has 0 fully saturated rings. The van der Waals surface area contributed by atoms with Crippen LogP contribution in [0.2, 0.25) is 0 Å². The number of halogens is 3. The van der Waals surface area contributed by atoms with Crippen LogP contribution in [0, 0.1) is 0 Å². The fourth-order valence-electron chi connectivity index (χ4n) is 0.890. The Hall–Kier alpha value is -0.920. The number of carbonyl (C=O) groups excluding carboxylic acids is 2. The van der Waals surface area contributed by atoms with Gasteiger partial charge in [0.05, 0.1) is 6.42 Å². The fourth-order valence-corrected chi connectivity index (χ4v) is 1.15. The molecule has 8 heteroatoms. The highest BCUT2D eigenvalue weighted by Crippen LogP contribution is 2.18. The molecule has 1 atom stereocenters. The number of rotatable bonds is 5. The first kappa shape index (κ1) is 15.1. The van der Waals surface area contributed by atoms with Crippen molar-refractivity contribution in [3.8, 4) is 0 Å². The van der Waals surface area contributed by atoms with Crippen LogP contribution in [-0.4, -0.2) is 36.3 Å². The molecule has 0 aromatic carbocycles. The van der Waals surface area contributed by atoms with Crippen molar-refractivity contribution in [2.24, 2.45) is 0 Å². The second kappa shape index (κ2) is 6.62. The summed E-state index contributed by atoms with van der Waals surface area (Å²) in [5, 5.41) is 4.34. The van der Waals surface area contributed by atoms with E-state index >= 15 is 0 Å². The van der Waals surface area contributed by atoms with E-state index in [1.807, 2.05) is 0 Å². The predicted molar refractivity (Wildman–Crippen MR) is 55.1 cm³/mol. The summed E-state index contributed by atoms with van der Waals surface area (Å²) >= 11 is 3.81. The number of thiol groups is 1. The SMILES string of the molecule is CC(=O)NC(CS)C(=O)NCCC(F)(F)F. The van der Waals surface area contributed by atoms with Gasteiger partial charge in [0.2, 0.25) is 11.8 Å². The molecule has 0 aliphatic carbocycles. The van der Waals surface area contributed by atoms with E-state index in [9.17, 15) is 22.8 Å². The lowest BCUT2D eigenvalue weighted by Crippen LogP contribution is -2.47. The molecule has 0 aliphatic heterocycles. The number of carbonyl (C=O) groups is 2. The third-order valence-corrected chi connectivity index (χ3v) is 1.95. The molecule has 2 N–H and O–H groups in total. The molecule has 2 amide bonds. The van der Waals surface area contributed by atoms with Gasteiger partial charge in [-0.25, -0.2) is 0 Å². The summed E-state index contributed by atoms with van der Waals surface area (Å²) in [6, 6.07) is -0.908. The second-order valence-corrected chi connectivity index (χ2v) is 3.46. The van der Waals surface area contributed by atoms with Crippen LogP contribution in [0.1, 0.15) is 13.3 Å². The zero-order chi connectivity index (χ0) is 12.8. The number of amides is 2. The Bertz CT molecular complexity index is 258. The molecule has 0 aromatic rings. The zero-order valence-electron chi connectivity index (χ0n) is 8.60. The van der Waals surface area contributed by atoms with Gasteiger partial charge in [-0.1, -0.05) is 0 Å². The maximum atomic E-state index is 11.8. The van der Waals surface area contributed by atoms with E-state index in [0.717, 1.165) is 0 Å². The molecule has 1 unspecified atom stereocenters. The molecule has 0 radical (unpaired) electrons. The first-order valence-electron chi connectivity index (χ1n) is 4.48. The minimum absolute atomic E-state index is 0.0252. The summed E-state index contributed by atoms with van der Waals surface area (Å²) in [7, 11) is 0. The van der Waals surface area contributed by atoms with Crippen LogP contribution in [0.15, 0.2) is 0 Å². The number of alkyl halides is 3. The summed E-state index contributed by atoms with van der Waals surface area (Å²) in [4.78, 5) is 21.9. The van der Waals surface area contributed by atoms with Gasteiger partial charge in [0.25, 0.3) is 0 Å². The third kappa shape index (κ3) is 7.38. The molecule has 0 aliphatic rings. The molecule has 0 spiro atoms. The van der Waals surface area contributed by atoms with Crippen LogP contribution < -0.4 is 10.6 Å².